The smallest absolute Gasteiger partial charge is 0.550 e. The van der Waals surface area contributed by atoms with E-state index < -0.39 is 177 Å². The summed E-state index contributed by atoms with van der Waals surface area (Å²) >= 11 is 0. The number of hydrogen-bond donors (Lipinski definition) is 12. The van der Waals surface area contributed by atoms with E-state index in [4.69, 9.17) is 0 Å². The van der Waals surface area contributed by atoms with Gasteiger partial charge in [-0.1, -0.05) is 0 Å². The van der Waals surface area contributed by atoms with Crippen molar-refractivity contribution in [2.75, 3.05) is 7.05 Å². The Labute approximate surface area is 407 Å². The Balaban J connectivity index is 0. The van der Waals surface area contributed by atoms with Crippen LogP contribution in [-0.4, -0.2) is 142 Å². The molecule has 374 valence electrons. The first-order valence-electron chi connectivity index (χ1n) is 21.2. The molecule has 26 heteroatoms. The maximum absolute atomic E-state index is 13.7. The van der Waals surface area contributed by atoms with Crippen LogP contribution >= 0.6 is 0 Å². The maximum Gasteiger partial charge on any atom is 1.00 e. The number of carboxylic acids is 9. The monoisotopic (exact) mass is 970 g/mol. The molecule has 67 heavy (non-hydrogen) atoms. The first-order chi connectivity index (χ1) is 30.6. The third-order valence-electron chi connectivity index (χ3n) is 11.6. The van der Waals surface area contributed by atoms with Gasteiger partial charge in [0.2, 0.25) is 17.7 Å². The van der Waals surface area contributed by atoms with E-state index in [0.717, 1.165) is 0 Å². The molecule has 0 radical (unpaired) electrons. The van der Waals surface area contributed by atoms with Gasteiger partial charge in [-0.2, -0.15) is 0 Å². The third-order valence-corrected chi connectivity index (χ3v) is 11.6. The van der Waals surface area contributed by atoms with Crippen LogP contribution in [-0.2, 0) is 57.5 Å². The first-order valence-corrected chi connectivity index (χ1v) is 21.2. The Kier molecular flexibility index (Phi) is 30.0. The summed E-state index contributed by atoms with van der Waals surface area (Å²) in [5.41, 5.74) is -6.33. The zero-order chi connectivity index (χ0) is 50.7. The van der Waals surface area contributed by atoms with Crippen LogP contribution in [0.4, 0.5) is 0 Å². The number of amides is 3. The Bertz CT molecular complexity index is 1430. The minimum absolute atomic E-state index is 0. The molecule has 3 amide bonds. The second kappa shape index (κ2) is 31.6. The molecular weight excluding hydrogens is 907 g/mol. The molecule has 0 aliphatic carbocycles. The topological polar surface area (TPSA) is 438 Å². The van der Waals surface area contributed by atoms with Crippen molar-refractivity contribution in [2.45, 2.75) is 176 Å². The largest absolute Gasteiger partial charge is 1.00 e. The van der Waals surface area contributed by atoms with E-state index in [1.165, 1.54) is 7.05 Å². The van der Waals surface area contributed by atoms with Crippen LogP contribution in [0.25, 0.3) is 0 Å². The van der Waals surface area contributed by atoms with Crippen LogP contribution in [0, 0.1) is 0 Å². The fourth-order valence-electron chi connectivity index (χ4n) is 7.68. The molecule has 12 N–H and O–H groups in total. The van der Waals surface area contributed by atoms with Crippen molar-refractivity contribution in [3.63, 3.8) is 0 Å². The normalized spacial score (nSPS) is 11.6. The Morgan fingerprint density at radius 1 is 0.313 bits per heavy atom. The minimum Gasteiger partial charge on any atom is -0.550 e. The van der Waals surface area contributed by atoms with Crippen molar-refractivity contribution in [1.82, 2.24) is 21.3 Å². The summed E-state index contributed by atoms with van der Waals surface area (Å²) in [4.78, 5) is 145. The van der Waals surface area contributed by atoms with E-state index in [0.29, 0.717) is 0 Å². The van der Waals surface area contributed by atoms with E-state index in [1.54, 1.807) is 0 Å². The molecule has 0 fully saturated rings. The second-order valence-electron chi connectivity index (χ2n) is 16.5. The molecule has 0 atom stereocenters. The van der Waals surface area contributed by atoms with Gasteiger partial charge in [-0.3, -0.25) is 52.7 Å². The van der Waals surface area contributed by atoms with Crippen LogP contribution < -0.4 is 55.9 Å². The molecule has 0 heterocycles. The van der Waals surface area contributed by atoms with E-state index in [2.05, 4.69) is 21.3 Å². The van der Waals surface area contributed by atoms with E-state index in [1.807, 2.05) is 0 Å². The number of carboxylic acid groups (broad SMARTS) is 9. The fourth-order valence-corrected chi connectivity index (χ4v) is 7.68. The Morgan fingerprint density at radius 2 is 0.478 bits per heavy atom. The number of rotatable bonds is 40. The Hall–Kier alpha value is -5.40. The number of aliphatic carboxylic acids is 9. The summed E-state index contributed by atoms with van der Waals surface area (Å²) in [6.45, 7) is 0. The summed E-state index contributed by atoms with van der Waals surface area (Å²) in [6, 6.07) is 0. The number of carbonyl (C=O) groups is 12. The van der Waals surface area contributed by atoms with Crippen molar-refractivity contribution in [1.29, 1.82) is 0 Å². The molecule has 0 spiro atoms. The van der Waals surface area contributed by atoms with Crippen LogP contribution in [0.1, 0.15) is 154 Å². The molecule has 0 saturated carbocycles. The molecule has 0 saturated heterocycles. The van der Waals surface area contributed by atoms with Gasteiger partial charge in [-0.15, -0.1) is 0 Å². The molecule has 0 bridgehead atoms. The van der Waals surface area contributed by atoms with E-state index in [-0.39, 0.29) is 100 Å². The molecule has 0 aliphatic rings. The van der Waals surface area contributed by atoms with Crippen LogP contribution in [0.5, 0.6) is 0 Å². The van der Waals surface area contributed by atoms with Gasteiger partial charge in [0.05, 0.1) is 0 Å². The molecule has 0 unspecified atom stereocenters. The molecule has 0 aromatic heterocycles. The van der Waals surface area contributed by atoms with Crippen molar-refractivity contribution >= 4 is 71.4 Å². The quantitative estimate of drug-likeness (QED) is 0.0278. The molecule has 25 nitrogen and oxygen atoms in total. The van der Waals surface area contributed by atoms with Gasteiger partial charge in [-0.05, 0) is 90.5 Å². The van der Waals surface area contributed by atoms with Gasteiger partial charge in [0.25, 0.3) is 0 Å². The molecule has 0 rings (SSSR count). The van der Waals surface area contributed by atoms with Gasteiger partial charge < -0.3 is 72.0 Å². The fraction of sp³-hybridized carbons (Fsp3) is 0.707. The van der Waals surface area contributed by atoms with Gasteiger partial charge in [-0.25, -0.2) is 0 Å². The van der Waals surface area contributed by atoms with Crippen molar-refractivity contribution in [2.24, 2.45) is 0 Å². The number of carbonyl (C=O) groups excluding carboxylic acids is 4. The second-order valence-corrected chi connectivity index (χ2v) is 16.5. The van der Waals surface area contributed by atoms with Gasteiger partial charge in [0, 0.05) is 98.8 Å². The third kappa shape index (κ3) is 29.1. The van der Waals surface area contributed by atoms with Gasteiger partial charge in [0.15, 0.2) is 0 Å². The van der Waals surface area contributed by atoms with Gasteiger partial charge in [0.1, 0.15) is 0 Å². The van der Waals surface area contributed by atoms with Crippen LogP contribution in [0.15, 0.2) is 0 Å². The number of hydrogen-bond acceptors (Lipinski definition) is 14. The summed E-state index contributed by atoms with van der Waals surface area (Å²) in [6.07, 6.45) is -10.9. The summed E-state index contributed by atoms with van der Waals surface area (Å²) in [5, 5.41) is 97.5. The molecule has 0 aromatic rings. The average molecular weight is 971 g/mol. The predicted molar refractivity (Wildman–Crippen MR) is 221 cm³/mol. The minimum atomic E-state index is -1.66. The van der Waals surface area contributed by atoms with Crippen molar-refractivity contribution < 1.29 is 133 Å². The van der Waals surface area contributed by atoms with Crippen LogP contribution in [0.2, 0.25) is 0 Å². The summed E-state index contributed by atoms with van der Waals surface area (Å²) in [7, 11) is 1.39. The zero-order valence-corrected chi connectivity index (χ0v) is 39.9. The number of nitrogens with one attached hydrogen (secondary N) is 4. The summed E-state index contributed by atoms with van der Waals surface area (Å²) in [5.74, 6) is -14.6. The average Bonchev–Trinajstić information content (AvgIpc) is 3.22. The maximum atomic E-state index is 13.7. The SMILES string of the molecule is CNC(CCC(=O)NC(CCC(=O)[O-])(CCC(=O)O)CCC(=O)O)(CCC(=O)NC(CCC(=O)O)(CCC(=O)O)CCC(=O)O)CCC(=O)NC(CCC(=O)O)(CCC(=O)O)CCC(=O)O.[Na+]. The van der Waals surface area contributed by atoms with Crippen molar-refractivity contribution in [3.8, 4) is 0 Å². The zero-order valence-electron chi connectivity index (χ0n) is 37.9. The van der Waals surface area contributed by atoms with Crippen LogP contribution in [0.3, 0.4) is 0 Å². The molecular formula is C41H63N4NaO21. The predicted octanol–water partition coefficient (Wildman–Crippen LogP) is -2.70. The first kappa shape index (κ1) is 63.7. The standard InChI is InChI=1S/C41H64N4O21.Na/c1-42-38(14-2-26(46)43-39(17-5-29(49)50,18-6-30(51)52)19-7-31(53)54,15-3-27(47)44-40(20-8-32(55)56,21-9-33(57)58)22-10-34(59)60)16-4-28(48)45-41(23-11-35(61)62,24-12-36(63)64)25-13-37(65)66;/h42H,2-25H2,1H3,(H,43,46)(H,44,47)(H,45,48)(H,49,50)(H,51,52)(H,53,54)(H,55,56)(H,57,58)(H,59,60)(H,61,62)(H,63,64)(H,65,66);/q;+1/p-1. The van der Waals surface area contributed by atoms with Crippen molar-refractivity contribution in [3.05, 3.63) is 0 Å². The van der Waals surface area contributed by atoms with E-state index in [9.17, 15) is 103 Å². The Morgan fingerprint density at radius 3 is 0.627 bits per heavy atom. The molecule has 0 aliphatic heterocycles. The molecule has 0 aromatic carbocycles. The van der Waals surface area contributed by atoms with E-state index >= 15 is 0 Å². The summed E-state index contributed by atoms with van der Waals surface area (Å²) < 4.78 is 0. The van der Waals surface area contributed by atoms with Gasteiger partial charge >= 0.3 is 77.3 Å².